The molecular formula is C6H6O3. The molecule has 0 spiro atoms. The van der Waals surface area contributed by atoms with Gasteiger partial charge < -0.3 is 4.74 Å². The normalized spacial score (nSPS) is 24.1. The number of carbonyl (C=O) groups excluding carboxylic acids is 2. The zero-order valence-electron chi connectivity index (χ0n) is 4.96. The second kappa shape index (κ2) is 2.01. The van der Waals surface area contributed by atoms with E-state index in [0.29, 0.717) is 0 Å². The summed E-state index contributed by atoms with van der Waals surface area (Å²) in [6.45, 7) is 1.33. The summed E-state index contributed by atoms with van der Waals surface area (Å²) in [7, 11) is 0. The first-order chi connectivity index (χ1) is 4.22. The van der Waals surface area contributed by atoms with Gasteiger partial charge in [0.25, 0.3) is 0 Å². The van der Waals surface area contributed by atoms with Gasteiger partial charge in [0, 0.05) is 6.08 Å². The molecule has 1 rings (SSSR count). The largest absolute Gasteiger partial charge is 0.482 e. The van der Waals surface area contributed by atoms with Crippen molar-refractivity contribution >= 4 is 11.6 Å². The Labute approximate surface area is 52.3 Å². The Kier molecular flexibility index (Phi) is 1.34. The van der Waals surface area contributed by atoms with E-state index in [9.17, 15) is 9.59 Å². The highest BCUT2D eigenvalue weighted by atomic mass is 16.5. The van der Waals surface area contributed by atoms with E-state index in [2.05, 4.69) is 4.74 Å². The zero-order valence-corrected chi connectivity index (χ0v) is 4.96. The average Bonchev–Trinajstić information content (AvgIpc) is 2.13. The van der Waals surface area contributed by atoms with Crippen LogP contribution in [0, 0.1) is 0 Å². The molecule has 0 saturated carbocycles. The van der Waals surface area contributed by atoms with Crippen molar-refractivity contribution in [3.63, 3.8) is 0 Å². The zero-order chi connectivity index (χ0) is 6.85. The average molecular weight is 126 g/mol. The SMILES string of the molecule is CC(=O)C1OC=CC1=O. The monoisotopic (exact) mass is 126 g/mol. The van der Waals surface area contributed by atoms with Gasteiger partial charge in [-0.3, -0.25) is 9.59 Å². The van der Waals surface area contributed by atoms with Crippen LogP contribution < -0.4 is 0 Å². The first-order valence-corrected chi connectivity index (χ1v) is 2.58. The van der Waals surface area contributed by atoms with Crippen LogP contribution in [-0.4, -0.2) is 17.7 Å². The maximum Gasteiger partial charge on any atom is 0.217 e. The van der Waals surface area contributed by atoms with E-state index >= 15 is 0 Å². The van der Waals surface area contributed by atoms with Crippen LogP contribution in [0.15, 0.2) is 12.3 Å². The molecule has 0 fully saturated rings. The van der Waals surface area contributed by atoms with E-state index in [-0.39, 0.29) is 11.6 Å². The van der Waals surface area contributed by atoms with Gasteiger partial charge in [0.05, 0.1) is 6.26 Å². The van der Waals surface area contributed by atoms with E-state index < -0.39 is 6.10 Å². The third-order valence-electron chi connectivity index (χ3n) is 1.07. The summed E-state index contributed by atoms with van der Waals surface area (Å²) in [4.78, 5) is 21.1. The molecule has 1 aliphatic heterocycles. The molecule has 3 nitrogen and oxygen atoms in total. The van der Waals surface area contributed by atoms with Crippen molar-refractivity contribution in [1.82, 2.24) is 0 Å². The number of hydrogen-bond acceptors (Lipinski definition) is 3. The molecule has 0 bridgehead atoms. The molecule has 0 aromatic heterocycles. The highest BCUT2D eigenvalue weighted by Gasteiger charge is 2.25. The third-order valence-corrected chi connectivity index (χ3v) is 1.07. The molecule has 1 heterocycles. The van der Waals surface area contributed by atoms with Crippen LogP contribution >= 0.6 is 0 Å². The Bertz CT molecular complexity index is 181. The first-order valence-electron chi connectivity index (χ1n) is 2.58. The number of carbonyl (C=O) groups is 2. The minimum atomic E-state index is -0.856. The van der Waals surface area contributed by atoms with E-state index in [0.717, 1.165) is 0 Å². The third kappa shape index (κ3) is 0.988. The molecule has 1 atom stereocenters. The van der Waals surface area contributed by atoms with Gasteiger partial charge >= 0.3 is 0 Å². The minimum Gasteiger partial charge on any atom is -0.482 e. The Morgan fingerprint density at radius 2 is 2.44 bits per heavy atom. The number of rotatable bonds is 1. The van der Waals surface area contributed by atoms with Gasteiger partial charge in [0.1, 0.15) is 0 Å². The molecule has 0 N–H and O–H groups in total. The summed E-state index contributed by atoms with van der Waals surface area (Å²) in [5.74, 6) is -0.507. The summed E-state index contributed by atoms with van der Waals surface area (Å²) < 4.78 is 4.65. The summed E-state index contributed by atoms with van der Waals surface area (Å²) in [5.41, 5.74) is 0. The lowest BCUT2D eigenvalue weighted by molar-refractivity contribution is -0.132. The number of Topliss-reactive ketones (excluding diaryl/α,β-unsaturated/α-hetero) is 1. The Hall–Kier alpha value is -1.12. The second-order valence-electron chi connectivity index (χ2n) is 1.83. The van der Waals surface area contributed by atoms with Gasteiger partial charge in [-0.2, -0.15) is 0 Å². The summed E-state index contributed by atoms with van der Waals surface area (Å²) >= 11 is 0. The summed E-state index contributed by atoms with van der Waals surface area (Å²) in [6.07, 6.45) is 1.64. The Morgan fingerprint density at radius 1 is 1.78 bits per heavy atom. The fourth-order valence-electron chi connectivity index (χ4n) is 0.636. The molecule has 0 aromatic rings. The molecule has 0 aromatic carbocycles. The van der Waals surface area contributed by atoms with Crippen LogP contribution in [0.2, 0.25) is 0 Å². The van der Waals surface area contributed by atoms with Crippen molar-refractivity contribution < 1.29 is 14.3 Å². The lowest BCUT2D eigenvalue weighted by Gasteiger charge is -2.01. The van der Waals surface area contributed by atoms with Crippen molar-refractivity contribution in [3.05, 3.63) is 12.3 Å². The fourth-order valence-corrected chi connectivity index (χ4v) is 0.636. The van der Waals surface area contributed by atoms with E-state index in [1.807, 2.05) is 0 Å². The second-order valence-corrected chi connectivity index (χ2v) is 1.83. The molecule has 9 heavy (non-hydrogen) atoms. The van der Waals surface area contributed by atoms with Crippen LogP contribution in [0.25, 0.3) is 0 Å². The van der Waals surface area contributed by atoms with Crippen molar-refractivity contribution in [2.45, 2.75) is 13.0 Å². The molecule has 1 unspecified atom stereocenters. The predicted octanol–water partition coefficient (Wildman–Crippen LogP) is 0.0570. The number of ketones is 2. The van der Waals surface area contributed by atoms with E-state index in [1.54, 1.807) is 0 Å². The highest BCUT2D eigenvalue weighted by Crippen LogP contribution is 2.04. The molecule has 0 amide bonds. The van der Waals surface area contributed by atoms with Crippen LogP contribution in [-0.2, 0) is 14.3 Å². The molecule has 48 valence electrons. The number of hydrogen-bond donors (Lipinski definition) is 0. The smallest absolute Gasteiger partial charge is 0.217 e. The molecular weight excluding hydrogens is 120 g/mol. The Balaban J connectivity index is 2.66. The Morgan fingerprint density at radius 3 is 2.67 bits per heavy atom. The van der Waals surface area contributed by atoms with Crippen LogP contribution in [0.1, 0.15) is 6.92 Å². The van der Waals surface area contributed by atoms with Crippen molar-refractivity contribution in [1.29, 1.82) is 0 Å². The maximum atomic E-state index is 10.6. The molecule has 3 heteroatoms. The van der Waals surface area contributed by atoms with Gasteiger partial charge in [-0.25, -0.2) is 0 Å². The quantitative estimate of drug-likeness (QED) is 0.466. The van der Waals surface area contributed by atoms with Gasteiger partial charge in [-0.1, -0.05) is 0 Å². The molecule has 0 saturated heterocycles. The predicted molar refractivity (Wildman–Crippen MR) is 29.7 cm³/mol. The van der Waals surface area contributed by atoms with E-state index in [1.165, 1.54) is 19.3 Å². The molecule has 0 radical (unpaired) electrons. The van der Waals surface area contributed by atoms with E-state index in [4.69, 9.17) is 0 Å². The summed E-state index contributed by atoms with van der Waals surface area (Å²) in [5, 5.41) is 0. The topological polar surface area (TPSA) is 43.4 Å². The van der Waals surface area contributed by atoms with Crippen LogP contribution in [0.5, 0.6) is 0 Å². The number of ether oxygens (including phenoxy) is 1. The van der Waals surface area contributed by atoms with Gasteiger partial charge in [0.2, 0.25) is 11.9 Å². The van der Waals surface area contributed by atoms with Crippen LogP contribution in [0.4, 0.5) is 0 Å². The highest BCUT2D eigenvalue weighted by molar-refractivity contribution is 6.10. The lowest BCUT2D eigenvalue weighted by Crippen LogP contribution is -2.24. The fraction of sp³-hybridized carbons (Fsp3) is 0.333. The van der Waals surface area contributed by atoms with Crippen molar-refractivity contribution in [2.24, 2.45) is 0 Å². The lowest BCUT2D eigenvalue weighted by atomic mass is 10.2. The first kappa shape index (κ1) is 6.01. The maximum absolute atomic E-state index is 10.6. The van der Waals surface area contributed by atoms with Crippen LogP contribution in [0.3, 0.4) is 0 Å². The summed E-state index contributed by atoms with van der Waals surface area (Å²) in [6, 6.07) is 0. The van der Waals surface area contributed by atoms with Gasteiger partial charge in [-0.15, -0.1) is 0 Å². The molecule has 0 aliphatic carbocycles. The minimum absolute atomic E-state index is 0.245. The van der Waals surface area contributed by atoms with Gasteiger partial charge in [-0.05, 0) is 6.92 Å². The standard InChI is InChI=1S/C6H6O3/c1-4(7)6-5(8)2-3-9-6/h2-3,6H,1H3. The van der Waals surface area contributed by atoms with Crippen molar-refractivity contribution in [3.8, 4) is 0 Å². The molecule has 1 aliphatic rings. The van der Waals surface area contributed by atoms with Crippen molar-refractivity contribution in [2.75, 3.05) is 0 Å². The van der Waals surface area contributed by atoms with Gasteiger partial charge in [0.15, 0.2) is 5.78 Å².